The van der Waals surface area contributed by atoms with Gasteiger partial charge >= 0.3 is 0 Å². The highest BCUT2D eigenvalue weighted by molar-refractivity contribution is 8.18. The largest absolute Gasteiger partial charge is 0.494 e. The normalized spacial score (nSPS) is 16.4. The Morgan fingerprint density at radius 3 is 3.00 bits per heavy atom. The summed E-state index contributed by atoms with van der Waals surface area (Å²) in [4.78, 5) is 17.7. The third kappa shape index (κ3) is 2.26. The topological polar surface area (TPSA) is 113 Å². The first kappa shape index (κ1) is 11.2. The molecule has 7 heteroatoms. The van der Waals surface area contributed by atoms with Crippen LogP contribution in [-0.2, 0) is 0 Å². The smallest absolute Gasteiger partial charge is 0.268 e. The molecule has 0 saturated heterocycles. The summed E-state index contributed by atoms with van der Waals surface area (Å²) in [7, 11) is 0. The highest BCUT2D eigenvalue weighted by Gasteiger charge is 2.11. The van der Waals surface area contributed by atoms with Crippen LogP contribution in [0.2, 0.25) is 0 Å². The Balaban J connectivity index is 2.47. The predicted molar refractivity (Wildman–Crippen MR) is 65.2 cm³/mol. The number of hydrogen-bond donors (Lipinski definition) is 3. The molecule has 6 nitrogen and oxygen atoms in total. The van der Waals surface area contributed by atoms with Gasteiger partial charge in [-0.05, 0) is 23.9 Å². The number of pyridine rings is 1. The molecule has 0 amide bonds. The summed E-state index contributed by atoms with van der Waals surface area (Å²) in [6, 6.07) is 3.02. The maximum atomic E-state index is 11.2. The molecule has 0 bridgehead atoms. The molecule has 0 radical (unpaired) electrons. The molecule has 2 rings (SSSR count). The molecule has 0 spiro atoms. The standard InChI is InChI=1S/C10H6N4O2S/c11-3-6-1-5(8(15)14-9(6)16)2-7-4-13-10(12)17-7/h1-2,4,12H,(H2,14,15,16). The number of nitriles is 1. The number of nitrogens with zero attached hydrogens (tertiary/aromatic N) is 2. The Labute approximate surface area is 99.8 Å². The number of amidine groups is 1. The van der Waals surface area contributed by atoms with Gasteiger partial charge in [-0.2, -0.15) is 5.26 Å². The fraction of sp³-hybridized carbons (Fsp3) is 0. The number of aromatic amines is 1. The summed E-state index contributed by atoms with van der Waals surface area (Å²) in [5.74, 6) is -0.311. The van der Waals surface area contributed by atoms with E-state index in [1.54, 1.807) is 12.1 Å². The lowest BCUT2D eigenvalue weighted by Gasteiger charge is -1.99. The van der Waals surface area contributed by atoms with Crippen molar-refractivity contribution in [2.24, 2.45) is 4.99 Å². The first-order valence-corrected chi connectivity index (χ1v) is 5.30. The predicted octanol–water partition coefficient (Wildman–Crippen LogP) is 1.05. The quantitative estimate of drug-likeness (QED) is 0.687. The second-order valence-electron chi connectivity index (χ2n) is 3.14. The van der Waals surface area contributed by atoms with E-state index in [0.717, 1.165) is 11.8 Å². The zero-order valence-electron chi connectivity index (χ0n) is 8.39. The van der Waals surface area contributed by atoms with Crippen molar-refractivity contribution in [3.8, 4) is 11.9 Å². The molecule has 1 aromatic heterocycles. The number of hydrogen-bond acceptors (Lipinski definition) is 5. The van der Waals surface area contributed by atoms with Crippen LogP contribution in [0.3, 0.4) is 0 Å². The maximum Gasteiger partial charge on any atom is 0.268 e. The van der Waals surface area contributed by atoms with Crippen LogP contribution in [0.4, 0.5) is 0 Å². The summed E-state index contributed by atoms with van der Waals surface area (Å²) in [6.07, 6.45) is 3.02. The van der Waals surface area contributed by atoms with Gasteiger partial charge in [-0.1, -0.05) is 0 Å². The average Bonchev–Trinajstić information content (AvgIpc) is 2.68. The van der Waals surface area contributed by atoms with E-state index in [1.165, 1.54) is 12.3 Å². The van der Waals surface area contributed by atoms with Crippen LogP contribution in [-0.4, -0.2) is 21.5 Å². The fourth-order valence-electron chi connectivity index (χ4n) is 1.24. The number of rotatable bonds is 1. The molecule has 0 unspecified atom stereocenters. The average molecular weight is 246 g/mol. The van der Waals surface area contributed by atoms with Crippen molar-refractivity contribution in [3.05, 3.63) is 32.5 Å². The molecule has 0 saturated carbocycles. The molecule has 84 valence electrons. The number of allylic oxidation sites excluding steroid dienone is 1. The molecule has 0 aliphatic carbocycles. The third-order valence-electron chi connectivity index (χ3n) is 1.99. The van der Waals surface area contributed by atoms with Crippen molar-refractivity contribution in [1.82, 2.24) is 4.98 Å². The van der Waals surface area contributed by atoms with Crippen LogP contribution < -0.4 is 5.56 Å². The summed E-state index contributed by atoms with van der Waals surface area (Å²) in [5, 5.41) is 25.6. The van der Waals surface area contributed by atoms with Gasteiger partial charge in [0.05, 0.1) is 0 Å². The van der Waals surface area contributed by atoms with Crippen molar-refractivity contribution in [3.63, 3.8) is 0 Å². The SMILES string of the molecule is N#Cc1cc(C=C2C=NC(=N)S2)c(O)[nH]c1=O. The second kappa shape index (κ2) is 4.27. The number of nitrogens with one attached hydrogen (secondary N) is 2. The van der Waals surface area contributed by atoms with E-state index >= 15 is 0 Å². The van der Waals surface area contributed by atoms with E-state index in [4.69, 9.17) is 10.7 Å². The third-order valence-corrected chi connectivity index (χ3v) is 2.75. The molecule has 1 aliphatic rings. The highest BCUT2D eigenvalue weighted by atomic mass is 32.2. The molecule has 0 fully saturated rings. The van der Waals surface area contributed by atoms with Crippen molar-refractivity contribution >= 4 is 29.2 Å². The highest BCUT2D eigenvalue weighted by Crippen LogP contribution is 2.26. The molecule has 0 atom stereocenters. The maximum absolute atomic E-state index is 11.2. The molecule has 2 heterocycles. The Bertz CT molecular complexity index is 651. The summed E-state index contributed by atoms with van der Waals surface area (Å²) >= 11 is 1.12. The van der Waals surface area contributed by atoms with Gasteiger partial charge in [-0.3, -0.25) is 15.2 Å². The van der Waals surface area contributed by atoms with Crippen LogP contribution in [0.25, 0.3) is 6.08 Å². The Kier molecular flexibility index (Phi) is 2.80. The van der Waals surface area contributed by atoms with Crippen LogP contribution in [0.15, 0.2) is 20.8 Å². The Morgan fingerprint density at radius 1 is 1.65 bits per heavy atom. The number of thioether (sulfide) groups is 1. The van der Waals surface area contributed by atoms with Gasteiger partial charge in [-0.15, -0.1) is 0 Å². The van der Waals surface area contributed by atoms with Gasteiger partial charge < -0.3 is 5.11 Å². The number of aromatic nitrogens is 1. The van der Waals surface area contributed by atoms with E-state index in [-0.39, 0.29) is 16.6 Å². The molecule has 3 N–H and O–H groups in total. The van der Waals surface area contributed by atoms with Crippen molar-refractivity contribution in [2.45, 2.75) is 0 Å². The monoisotopic (exact) mass is 246 g/mol. The van der Waals surface area contributed by atoms with Crippen LogP contribution in [0.5, 0.6) is 5.88 Å². The van der Waals surface area contributed by atoms with Crippen molar-refractivity contribution < 1.29 is 5.11 Å². The molecule has 0 aromatic carbocycles. The lowest BCUT2D eigenvalue weighted by Crippen LogP contribution is -2.09. The zero-order valence-corrected chi connectivity index (χ0v) is 9.21. The van der Waals surface area contributed by atoms with E-state index in [1.807, 2.05) is 0 Å². The van der Waals surface area contributed by atoms with Gasteiger partial charge in [-0.25, -0.2) is 4.99 Å². The lowest BCUT2D eigenvalue weighted by molar-refractivity contribution is 0.450. The minimum atomic E-state index is -0.632. The van der Waals surface area contributed by atoms with Gasteiger partial charge in [0.15, 0.2) is 11.0 Å². The molecular weight excluding hydrogens is 240 g/mol. The summed E-state index contributed by atoms with van der Waals surface area (Å²) in [5.41, 5.74) is -0.401. The number of H-pyrrole nitrogens is 1. The minimum absolute atomic E-state index is 0.0790. The van der Waals surface area contributed by atoms with E-state index in [2.05, 4.69) is 9.98 Å². The van der Waals surface area contributed by atoms with Gasteiger partial charge in [0, 0.05) is 16.7 Å². The Morgan fingerprint density at radius 2 is 2.41 bits per heavy atom. The van der Waals surface area contributed by atoms with Crippen molar-refractivity contribution in [1.29, 1.82) is 10.7 Å². The lowest BCUT2D eigenvalue weighted by atomic mass is 10.2. The zero-order chi connectivity index (χ0) is 12.4. The van der Waals surface area contributed by atoms with E-state index in [9.17, 15) is 9.90 Å². The summed E-state index contributed by atoms with van der Waals surface area (Å²) < 4.78 is 0. The van der Waals surface area contributed by atoms with Crippen LogP contribution in [0, 0.1) is 16.7 Å². The number of aliphatic imine (C=N–C) groups is 1. The first-order chi connectivity index (χ1) is 8.10. The van der Waals surface area contributed by atoms with Gasteiger partial charge in [0.2, 0.25) is 0 Å². The minimum Gasteiger partial charge on any atom is -0.494 e. The van der Waals surface area contributed by atoms with E-state index in [0.29, 0.717) is 10.5 Å². The van der Waals surface area contributed by atoms with Crippen LogP contribution >= 0.6 is 11.8 Å². The van der Waals surface area contributed by atoms with Crippen LogP contribution in [0.1, 0.15) is 11.1 Å². The number of aromatic hydroxyl groups is 1. The second-order valence-corrected chi connectivity index (χ2v) is 4.20. The first-order valence-electron chi connectivity index (χ1n) is 4.48. The summed E-state index contributed by atoms with van der Waals surface area (Å²) in [6.45, 7) is 0. The molecule has 17 heavy (non-hydrogen) atoms. The van der Waals surface area contributed by atoms with E-state index < -0.39 is 5.56 Å². The van der Waals surface area contributed by atoms with Gasteiger partial charge in [0.1, 0.15) is 11.6 Å². The molecular formula is C10H6N4O2S. The fourth-order valence-corrected chi connectivity index (χ4v) is 1.86. The van der Waals surface area contributed by atoms with Crippen molar-refractivity contribution in [2.75, 3.05) is 0 Å². The molecule has 1 aliphatic heterocycles. The Hall–Kier alpha value is -2.33. The van der Waals surface area contributed by atoms with Gasteiger partial charge in [0.25, 0.3) is 5.56 Å². The molecule has 1 aromatic rings.